The lowest BCUT2D eigenvalue weighted by atomic mass is 9.96. The molecule has 2 aromatic heterocycles. The van der Waals surface area contributed by atoms with Crippen LogP contribution in [0, 0.1) is 5.82 Å². The standard InChI is InChI=1S/C18H16F7N5O2/c19-11-7-10-1-2-12-27-13(28-30(12)14(10)26-8-11)9-3-5-29(6-4-9)16(31)32-15(17(20,21)22)18(23,24)25/h7-9,15H,1-6H2. The number of alkyl halides is 6. The average Bonchev–Trinajstić information content (AvgIpc) is 3.14. The number of carbonyl (C=O) groups is 1. The number of rotatable bonds is 2. The van der Waals surface area contributed by atoms with E-state index in [1.54, 1.807) is 0 Å². The molecular weight excluding hydrogens is 451 g/mol. The zero-order valence-electron chi connectivity index (χ0n) is 16.3. The van der Waals surface area contributed by atoms with Gasteiger partial charge in [0.2, 0.25) is 0 Å². The monoisotopic (exact) mass is 467 g/mol. The summed E-state index contributed by atoms with van der Waals surface area (Å²) in [5.41, 5.74) is 0.676. The third-order valence-corrected chi connectivity index (χ3v) is 5.35. The van der Waals surface area contributed by atoms with Crippen LogP contribution in [0.15, 0.2) is 12.3 Å². The fourth-order valence-electron chi connectivity index (χ4n) is 3.78. The number of halogens is 7. The first-order valence-corrected chi connectivity index (χ1v) is 9.63. The first-order valence-electron chi connectivity index (χ1n) is 9.63. The van der Waals surface area contributed by atoms with Crippen LogP contribution in [-0.2, 0) is 17.6 Å². The van der Waals surface area contributed by atoms with Crippen molar-refractivity contribution < 1.29 is 40.3 Å². The minimum absolute atomic E-state index is 0.115. The third kappa shape index (κ3) is 4.35. The number of hydrogen-bond donors (Lipinski definition) is 0. The first kappa shape index (κ1) is 22.3. The molecule has 0 bridgehead atoms. The second-order valence-corrected chi connectivity index (χ2v) is 7.54. The van der Waals surface area contributed by atoms with Crippen LogP contribution < -0.4 is 0 Å². The highest BCUT2D eigenvalue weighted by Crippen LogP contribution is 2.36. The molecule has 32 heavy (non-hydrogen) atoms. The fraction of sp³-hybridized carbons (Fsp3) is 0.556. The number of nitrogens with zero attached hydrogens (tertiary/aromatic N) is 5. The molecule has 0 unspecified atom stereocenters. The Labute approximate surface area is 176 Å². The van der Waals surface area contributed by atoms with Crippen LogP contribution in [0.3, 0.4) is 0 Å². The van der Waals surface area contributed by atoms with Crippen LogP contribution in [0.1, 0.15) is 36.0 Å². The molecule has 7 nitrogen and oxygen atoms in total. The molecule has 4 rings (SSSR count). The zero-order valence-corrected chi connectivity index (χ0v) is 16.3. The van der Waals surface area contributed by atoms with Crippen molar-refractivity contribution in [2.45, 2.75) is 50.1 Å². The van der Waals surface area contributed by atoms with Crippen LogP contribution in [-0.4, -0.2) is 62.3 Å². The lowest BCUT2D eigenvalue weighted by Crippen LogP contribution is -2.49. The summed E-state index contributed by atoms with van der Waals surface area (Å²) < 4.78 is 94.3. The smallest absolute Gasteiger partial charge is 0.426 e. The first-order chi connectivity index (χ1) is 14.9. The molecule has 0 spiro atoms. The van der Waals surface area contributed by atoms with Gasteiger partial charge in [-0.05, 0) is 25.3 Å². The Hall–Kier alpha value is -2.93. The van der Waals surface area contributed by atoms with Crippen molar-refractivity contribution in [2.24, 2.45) is 0 Å². The van der Waals surface area contributed by atoms with Crippen molar-refractivity contribution in [3.63, 3.8) is 0 Å². The molecule has 0 aromatic carbocycles. The van der Waals surface area contributed by atoms with E-state index in [-0.39, 0.29) is 31.8 Å². The van der Waals surface area contributed by atoms with Crippen LogP contribution in [0.25, 0.3) is 5.82 Å². The number of fused-ring (bicyclic) bond motifs is 3. The van der Waals surface area contributed by atoms with E-state index in [1.807, 2.05) is 0 Å². The van der Waals surface area contributed by atoms with Crippen molar-refractivity contribution in [1.82, 2.24) is 24.6 Å². The molecule has 1 amide bonds. The molecule has 0 radical (unpaired) electrons. The minimum atomic E-state index is -5.76. The number of pyridine rings is 1. The summed E-state index contributed by atoms with van der Waals surface area (Å²) in [7, 11) is 0. The average molecular weight is 467 g/mol. The molecule has 0 saturated carbocycles. The van der Waals surface area contributed by atoms with Crippen molar-refractivity contribution in [2.75, 3.05) is 13.1 Å². The maximum Gasteiger partial charge on any atom is 0.434 e. The van der Waals surface area contributed by atoms with Gasteiger partial charge in [0, 0.05) is 31.0 Å². The van der Waals surface area contributed by atoms with Gasteiger partial charge in [0.25, 0.3) is 6.10 Å². The molecule has 4 heterocycles. The summed E-state index contributed by atoms with van der Waals surface area (Å²) in [4.78, 5) is 21.2. The van der Waals surface area contributed by atoms with Gasteiger partial charge >= 0.3 is 18.4 Å². The van der Waals surface area contributed by atoms with Gasteiger partial charge in [-0.25, -0.2) is 19.2 Å². The van der Waals surface area contributed by atoms with Crippen molar-refractivity contribution in [1.29, 1.82) is 0 Å². The summed E-state index contributed by atoms with van der Waals surface area (Å²) in [6.07, 6.45) is -14.8. The van der Waals surface area contributed by atoms with E-state index < -0.39 is 30.4 Å². The Morgan fingerprint density at radius 1 is 1.09 bits per heavy atom. The summed E-state index contributed by atoms with van der Waals surface area (Å²) in [6, 6.07) is 1.37. The molecular formula is C18H16F7N5O2. The summed E-state index contributed by atoms with van der Waals surface area (Å²) in [5.74, 6) is 0.770. The van der Waals surface area contributed by atoms with E-state index in [4.69, 9.17) is 0 Å². The topological polar surface area (TPSA) is 73.1 Å². The lowest BCUT2D eigenvalue weighted by Gasteiger charge is -2.32. The predicted octanol–water partition coefficient (Wildman–Crippen LogP) is 3.71. The lowest BCUT2D eigenvalue weighted by molar-refractivity contribution is -0.308. The van der Waals surface area contributed by atoms with Gasteiger partial charge in [-0.2, -0.15) is 31.0 Å². The van der Waals surface area contributed by atoms with E-state index >= 15 is 0 Å². The number of carbonyl (C=O) groups excluding carboxylic acids is 1. The highest BCUT2D eigenvalue weighted by molar-refractivity contribution is 5.68. The molecule has 174 valence electrons. The normalized spacial score (nSPS) is 17.3. The molecule has 0 N–H and O–H groups in total. The van der Waals surface area contributed by atoms with Gasteiger partial charge in [-0.15, -0.1) is 5.10 Å². The van der Waals surface area contributed by atoms with Crippen molar-refractivity contribution >= 4 is 6.09 Å². The number of aromatic nitrogens is 4. The maximum atomic E-state index is 13.4. The Morgan fingerprint density at radius 2 is 1.75 bits per heavy atom. The number of amides is 1. The van der Waals surface area contributed by atoms with E-state index in [1.165, 1.54) is 10.7 Å². The highest BCUT2D eigenvalue weighted by Gasteiger charge is 2.60. The van der Waals surface area contributed by atoms with E-state index in [0.717, 1.165) is 11.1 Å². The second kappa shape index (κ2) is 7.89. The maximum absolute atomic E-state index is 13.4. The molecule has 1 fully saturated rings. The predicted molar refractivity (Wildman–Crippen MR) is 92.4 cm³/mol. The van der Waals surface area contributed by atoms with Gasteiger partial charge in [0.05, 0.1) is 6.20 Å². The molecule has 0 aliphatic carbocycles. The quantitative estimate of drug-likeness (QED) is 0.630. The summed E-state index contributed by atoms with van der Waals surface area (Å²) in [5, 5.41) is 4.42. The molecule has 1 saturated heterocycles. The van der Waals surface area contributed by atoms with E-state index in [9.17, 15) is 35.5 Å². The van der Waals surface area contributed by atoms with Gasteiger partial charge in [0.15, 0.2) is 11.6 Å². The van der Waals surface area contributed by atoms with E-state index in [2.05, 4.69) is 19.8 Å². The largest absolute Gasteiger partial charge is 0.434 e. The fourth-order valence-corrected chi connectivity index (χ4v) is 3.78. The Kier molecular flexibility index (Phi) is 5.49. The van der Waals surface area contributed by atoms with Gasteiger partial charge in [-0.3, -0.25) is 0 Å². The van der Waals surface area contributed by atoms with Crippen LogP contribution in [0.5, 0.6) is 0 Å². The van der Waals surface area contributed by atoms with Crippen LogP contribution in [0.2, 0.25) is 0 Å². The number of hydrogen-bond acceptors (Lipinski definition) is 5. The van der Waals surface area contributed by atoms with Gasteiger partial charge in [-0.1, -0.05) is 0 Å². The zero-order chi connectivity index (χ0) is 23.3. The molecule has 2 aromatic rings. The third-order valence-electron chi connectivity index (χ3n) is 5.35. The SMILES string of the molecule is O=C(OC(C(F)(F)F)C(F)(F)F)N1CCC(c2nc3n(n2)-c2ncc(F)cc2CC3)CC1. The number of likely N-dealkylation sites (tertiary alicyclic amines) is 1. The van der Waals surface area contributed by atoms with Crippen LogP contribution >= 0.6 is 0 Å². The minimum Gasteiger partial charge on any atom is -0.426 e. The molecule has 2 aliphatic heterocycles. The highest BCUT2D eigenvalue weighted by atomic mass is 19.4. The van der Waals surface area contributed by atoms with Gasteiger partial charge in [0.1, 0.15) is 11.6 Å². The number of piperidine rings is 1. The molecule has 2 aliphatic rings. The van der Waals surface area contributed by atoms with E-state index in [0.29, 0.717) is 35.9 Å². The van der Waals surface area contributed by atoms with Crippen molar-refractivity contribution in [3.8, 4) is 5.82 Å². The van der Waals surface area contributed by atoms with Gasteiger partial charge < -0.3 is 9.64 Å². The van der Waals surface area contributed by atoms with Crippen LogP contribution in [0.4, 0.5) is 35.5 Å². The Bertz CT molecular complexity index is 998. The number of ether oxygens (including phenoxy) is 1. The summed E-state index contributed by atoms with van der Waals surface area (Å²) in [6.45, 7) is -0.230. The summed E-state index contributed by atoms with van der Waals surface area (Å²) >= 11 is 0. The van der Waals surface area contributed by atoms with Crippen molar-refractivity contribution in [3.05, 3.63) is 35.3 Å². The Morgan fingerprint density at radius 3 is 2.38 bits per heavy atom. The number of aryl methyl sites for hydroxylation is 2. The Balaban J connectivity index is 1.42. The second-order valence-electron chi connectivity index (χ2n) is 7.54. The molecule has 0 atom stereocenters. The molecule has 14 heteroatoms.